The molecule has 1 unspecified atom stereocenters. The SMILES string of the molecule is O=C(O)/C=C\C(=O)O.c1ccc(N2CCN(C3Cc4ccccc4Sc4ccccc43)CC2)nc1. The third-order valence-corrected chi connectivity index (χ3v) is 7.19. The number of hydrogen-bond donors (Lipinski definition) is 2. The molecule has 1 fully saturated rings. The number of rotatable bonds is 4. The minimum absolute atomic E-state index is 0.447. The summed E-state index contributed by atoms with van der Waals surface area (Å²) in [7, 11) is 0. The predicted octanol–water partition coefficient (Wildman–Crippen LogP) is 4.36. The van der Waals surface area contributed by atoms with Crippen LogP contribution in [0.1, 0.15) is 17.2 Å². The Morgan fingerprint density at radius 2 is 1.46 bits per heavy atom. The van der Waals surface area contributed by atoms with Crippen molar-refractivity contribution in [2.24, 2.45) is 0 Å². The highest BCUT2D eigenvalue weighted by atomic mass is 32.2. The van der Waals surface area contributed by atoms with E-state index in [1.807, 2.05) is 24.0 Å². The summed E-state index contributed by atoms with van der Waals surface area (Å²) >= 11 is 1.92. The van der Waals surface area contributed by atoms with Crippen molar-refractivity contribution >= 4 is 29.5 Å². The molecule has 3 heterocycles. The zero-order chi connectivity index (χ0) is 24.6. The Morgan fingerprint density at radius 1 is 0.829 bits per heavy atom. The van der Waals surface area contributed by atoms with Crippen molar-refractivity contribution in [2.45, 2.75) is 22.3 Å². The lowest BCUT2D eigenvalue weighted by atomic mass is 9.96. The van der Waals surface area contributed by atoms with Gasteiger partial charge in [0.15, 0.2) is 0 Å². The van der Waals surface area contributed by atoms with Gasteiger partial charge < -0.3 is 15.1 Å². The molecule has 3 aromatic rings. The molecule has 7 nitrogen and oxygen atoms in total. The van der Waals surface area contributed by atoms with Crippen LogP contribution in [0.15, 0.2) is 94.9 Å². The van der Waals surface area contributed by atoms with Crippen LogP contribution in [0.5, 0.6) is 0 Å². The number of carbonyl (C=O) groups is 2. The summed E-state index contributed by atoms with van der Waals surface area (Å²) in [6.45, 7) is 4.21. The second-order valence-electron chi connectivity index (χ2n) is 8.19. The second-order valence-corrected chi connectivity index (χ2v) is 9.27. The molecule has 0 radical (unpaired) electrons. The molecule has 0 aliphatic carbocycles. The fourth-order valence-corrected chi connectivity index (χ4v) is 5.46. The van der Waals surface area contributed by atoms with Crippen LogP contribution < -0.4 is 4.90 Å². The maximum absolute atomic E-state index is 9.55. The van der Waals surface area contributed by atoms with Gasteiger partial charge in [0.05, 0.1) is 0 Å². The van der Waals surface area contributed by atoms with Crippen LogP contribution in [0.25, 0.3) is 0 Å². The van der Waals surface area contributed by atoms with Gasteiger partial charge in [0.2, 0.25) is 0 Å². The van der Waals surface area contributed by atoms with Gasteiger partial charge in [0, 0.05) is 60.4 Å². The first-order chi connectivity index (χ1) is 17.0. The minimum Gasteiger partial charge on any atom is -0.478 e. The Balaban J connectivity index is 0.000000314. The van der Waals surface area contributed by atoms with E-state index in [4.69, 9.17) is 10.2 Å². The van der Waals surface area contributed by atoms with Crippen molar-refractivity contribution in [1.29, 1.82) is 0 Å². The number of hydrogen-bond acceptors (Lipinski definition) is 6. The number of carboxylic acid groups (broad SMARTS) is 2. The van der Waals surface area contributed by atoms with Gasteiger partial charge in [-0.2, -0.15) is 0 Å². The number of anilines is 1. The highest BCUT2D eigenvalue weighted by molar-refractivity contribution is 7.99. The molecule has 1 aromatic heterocycles. The molecular formula is C27H27N3O4S. The van der Waals surface area contributed by atoms with E-state index in [-0.39, 0.29) is 0 Å². The van der Waals surface area contributed by atoms with E-state index in [9.17, 15) is 9.59 Å². The van der Waals surface area contributed by atoms with Crippen LogP contribution in [0.4, 0.5) is 5.82 Å². The van der Waals surface area contributed by atoms with Crippen LogP contribution in [0, 0.1) is 0 Å². The maximum atomic E-state index is 9.55. The van der Waals surface area contributed by atoms with Gasteiger partial charge in [0.1, 0.15) is 5.82 Å². The summed E-state index contributed by atoms with van der Waals surface area (Å²) in [5, 5.41) is 15.6. The number of carboxylic acids is 2. The number of benzene rings is 2. The van der Waals surface area contributed by atoms with Crippen molar-refractivity contribution in [3.05, 3.63) is 96.2 Å². The molecule has 0 saturated carbocycles. The third-order valence-electron chi connectivity index (χ3n) is 5.98. The van der Waals surface area contributed by atoms with Crippen LogP contribution >= 0.6 is 11.8 Å². The van der Waals surface area contributed by atoms with Gasteiger partial charge in [-0.25, -0.2) is 14.6 Å². The summed E-state index contributed by atoms with van der Waals surface area (Å²) in [6.07, 6.45) is 4.09. The van der Waals surface area contributed by atoms with Crippen molar-refractivity contribution in [3.8, 4) is 0 Å². The Morgan fingerprint density at radius 3 is 2.11 bits per heavy atom. The first kappa shape index (κ1) is 24.5. The van der Waals surface area contributed by atoms with Gasteiger partial charge in [-0.05, 0) is 41.8 Å². The van der Waals surface area contributed by atoms with Gasteiger partial charge in [0.25, 0.3) is 0 Å². The van der Waals surface area contributed by atoms with Crippen LogP contribution in [0.2, 0.25) is 0 Å². The van der Waals surface area contributed by atoms with Crippen molar-refractivity contribution in [2.75, 3.05) is 31.1 Å². The van der Waals surface area contributed by atoms with Crippen LogP contribution in [-0.2, 0) is 16.0 Å². The largest absolute Gasteiger partial charge is 0.478 e. The van der Waals surface area contributed by atoms with E-state index >= 15 is 0 Å². The van der Waals surface area contributed by atoms with Gasteiger partial charge in [-0.3, -0.25) is 4.90 Å². The van der Waals surface area contributed by atoms with E-state index in [0.29, 0.717) is 18.2 Å². The van der Waals surface area contributed by atoms with Crippen molar-refractivity contribution < 1.29 is 19.8 Å². The standard InChI is InChI=1S/C23H23N3S.C4H4O4/c1-3-9-21-18(7-1)17-20(19-8-2-4-10-22(19)27-21)25-13-15-26(16-14-25)23-11-5-6-12-24-23;5-3(6)1-2-4(7)8/h1-12,20H,13-17H2;1-2H,(H,5,6)(H,7,8)/b;2-1-. The van der Waals surface area contributed by atoms with Crippen molar-refractivity contribution in [1.82, 2.24) is 9.88 Å². The summed E-state index contributed by atoms with van der Waals surface area (Å²) in [5.74, 6) is -1.42. The molecule has 35 heavy (non-hydrogen) atoms. The highest BCUT2D eigenvalue weighted by Crippen LogP contribution is 2.42. The average molecular weight is 490 g/mol. The Bertz CT molecular complexity index is 1180. The molecule has 8 heteroatoms. The number of aromatic nitrogens is 1. The third kappa shape index (κ3) is 6.49. The zero-order valence-electron chi connectivity index (χ0n) is 19.2. The molecular weight excluding hydrogens is 462 g/mol. The second kappa shape index (κ2) is 11.7. The average Bonchev–Trinajstić information content (AvgIpc) is 3.05. The molecule has 5 rings (SSSR count). The number of nitrogens with zero attached hydrogens (tertiary/aromatic N) is 3. The predicted molar refractivity (Wildman–Crippen MR) is 136 cm³/mol. The van der Waals surface area contributed by atoms with E-state index in [0.717, 1.165) is 38.4 Å². The van der Waals surface area contributed by atoms with E-state index in [1.54, 1.807) is 0 Å². The summed E-state index contributed by atoms with van der Waals surface area (Å²) in [5.41, 5.74) is 2.95. The lowest BCUT2D eigenvalue weighted by molar-refractivity contribution is -0.134. The normalized spacial score (nSPS) is 17.5. The molecule has 2 aliphatic heterocycles. The topological polar surface area (TPSA) is 94.0 Å². The lowest BCUT2D eigenvalue weighted by Gasteiger charge is -2.40. The molecule has 1 saturated heterocycles. The zero-order valence-corrected chi connectivity index (χ0v) is 20.0. The molecule has 2 aliphatic rings. The summed E-state index contributed by atoms with van der Waals surface area (Å²) < 4.78 is 0. The van der Waals surface area contributed by atoms with E-state index in [1.165, 1.54) is 20.9 Å². The molecule has 0 spiro atoms. The summed E-state index contributed by atoms with van der Waals surface area (Å²) in [6, 6.07) is 24.5. The Kier molecular flexibility index (Phi) is 8.18. The Hall–Kier alpha value is -3.62. The molecule has 2 N–H and O–H groups in total. The highest BCUT2D eigenvalue weighted by Gasteiger charge is 2.29. The molecule has 0 bridgehead atoms. The van der Waals surface area contributed by atoms with E-state index in [2.05, 4.69) is 75.4 Å². The van der Waals surface area contributed by atoms with E-state index < -0.39 is 11.9 Å². The summed E-state index contributed by atoms with van der Waals surface area (Å²) in [4.78, 5) is 31.5. The molecule has 1 atom stereocenters. The van der Waals surface area contributed by atoms with Gasteiger partial charge >= 0.3 is 11.9 Å². The van der Waals surface area contributed by atoms with Crippen LogP contribution in [0.3, 0.4) is 0 Å². The van der Waals surface area contributed by atoms with Gasteiger partial charge in [-0.1, -0.05) is 54.2 Å². The smallest absolute Gasteiger partial charge is 0.328 e. The van der Waals surface area contributed by atoms with Gasteiger partial charge in [-0.15, -0.1) is 0 Å². The van der Waals surface area contributed by atoms with Crippen LogP contribution in [-0.4, -0.2) is 58.2 Å². The number of aliphatic carboxylic acids is 2. The van der Waals surface area contributed by atoms with Crippen molar-refractivity contribution in [3.63, 3.8) is 0 Å². The number of fused-ring (bicyclic) bond motifs is 2. The number of pyridine rings is 1. The fraction of sp³-hybridized carbons (Fsp3) is 0.222. The molecule has 180 valence electrons. The molecule has 2 aromatic carbocycles. The quantitative estimate of drug-likeness (QED) is 0.522. The minimum atomic E-state index is -1.26. The lowest BCUT2D eigenvalue weighted by Crippen LogP contribution is -2.48. The first-order valence-corrected chi connectivity index (χ1v) is 12.2. The number of piperazine rings is 1. The molecule has 0 amide bonds. The maximum Gasteiger partial charge on any atom is 0.328 e. The first-order valence-electron chi connectivity index (χ1n) is 11.4. The Labute approximate surface area is 208 Å². The fourth-order valence-electron chi connectivity index (χ4n) is 4.33. The monoisotopic (exact) mass is 489 g/mol.